The van der Waals surface area contributed by atoms with Crippen LogP contribution in [0.2, 0.25) is 0 Å². The first kappa shape index (κ1) is 22.6. The molecule has 0 radical (unpaired) electrons. The Morgan fingerprint density at radius 2 is 1.62 bits per heavy atom. The molecule has 0 aromatic carbocycles. The van der Waals surface area contributed by atoms with Crippen LogP contribution < -0.4 is 16.8 Å². The van der Waals surface area contributed by atoms with Gasteiger partial charge in [-0.2, -0.15) is 0 Å². The smallest absolute Gasteiger partial charge is 0.328 e. The van der Waals surface area contributed by atoms with Crippen LogP contribution in [0.1, 0.15) is 32.1 Å². The number of carbonyl (C=O) groups is 5. The molecule has 0 saturated carbocycles. The van der Waals surface area contributed by atoms with E-state index in [0.717, 1.165) is 0 Å². The number of aliphatic hydroxyl groups excluding tert-OH is 1. The van der Waals surface area contributed by atoms with Gasteiger partial charge < -0.3 is 36.8 Å². The van der Waals surface area contributed by atoms with E-state index in [0.29, 0.717) is 38.8 Å². The summed E-state index contributed by atoms with van der Waals surface area (Å²) in [7, 11) is 0. The normalized spacial score (nSPS) is 23.5. The minimum Gasteiger partial charge on any atom is -0.480 e. The van der Waals surface area contributed by atoms with E-state index >= 15 is 0 Å². The van der Waals surface area contributed by atoms with E-state index in [-0.39, 0.29) is 6.42 Å². The standard InChI is InChI=1S/C17H27N5O7/c18-9(7-13(19)24)15(26)22-6-2-4-12(22)16(27)21-5-1-3-11(21)14(25)20-10(8-23)17(28)29/h9-12,23H,1-8,18H2,(H2,19,24)(H,20,25)(H,28,29). The Labute approximate surface area is 167 Å². The van der Waals surface area contributed by atoms with Crippen molar-refractivity contribution >= 4 is 29.6 Å². The fourth-order valence-electron chi connectivity index (χ4n) is 3.75. The van der Waals surface area contributed by atoms with E-state index in [1.807, 2.05) is 0 Å². The van der Waals surface area contributed by atoms with Crippen LogP contribution in [0.4, 0.5) is 0 Å². The van der Waals surface area contributed by atoms with Gasteiger partial charge in [0.1, 0.15) is 18.1 Å². The molecule has 0 aromatic rings. The topological polar surface area (TPSA) is 196 Å². The van der Waals surface area contributed by atoms with Gasteiger partial charge in [0.2, 0.25) is 23.6 Å². The Balaban J connectivity index is 2.08. The predicted molar refractivity (Wildman–Crippen MR) is 97.9 cm³/mol. The first-order chi connectivity index (χ1) is 13.7. The first-order valence-electron chi connectivity index (χ1n) is 9.46. The summed E-state index contributed by atoms with van der Waals surface area (Å²) in [6.45, 7) is -0.179. The number of likely N-dealkylation sites (tertiary alicyclic amines) is 2. The van der Waals surface area contributed by atoms with Crippen molar-refractivity contribution in [2.75, 3.05) is 19.7 Å². The van der Waals surface area contributed by atoms with Crippen molar-refractivity contribution in [3.8, 4) is 0 Å². The molecule has 7 N–H and O–H groups in total. The zero-order chi connectivity index (χ0) is 21.7. The molecular weight excluding hydrogens is 386 g/mol. The number of nitrogens with one attached hydrogen (secondary N) is 1. The Bertz CT molecular complexity index is 685. The molecule has 4 amide bonds. The molecule has 0 spiro atoms. The van der Waals surface area contributed by atoms with Crippen LogP contribution in [0.5, 0.6) is 0 Å². The molecule has 0 bridgehead atoms. The average molecular weight is 413 g/mol. The molecule has 0 aliphatic carbocycles. The number of nitrogens with two attached hydrogens (primary N) is 2. The van der Waals surface area contributed by atoms with Crippen molar-refractivity contribution in [1.29, 1.82) is 0 Å². The van der Waals surface area contributed by atoms with E-state index in [1.54, 1.807) is 0 Å². The van der Waals surface area contributed by atoms with E-state index < -0.39 is 60.4 Å². The molecule has 29 heavy (non-hydrogen) atoms. The number of primary amides is 1. The first-order valence-corrected chi connectivity index (χ1v) is 9.46. The van der Waals surface area contributed by atoms with Crippen molar-refractivity contribution in [2.24, 2.45) is 11.5 Å². The molecule has 2 aliphatic heterocycles. The third kappa shape index (κ3) is 5.21. The van der Waals surface area contributed by atoms with Crippen LogP contribution in [0.25, 0.3) is 0 Å². The number of carbonyl (C=O) groups excluding carboxylic acids is 4. The van der Waals surface area contributed by atoms with Gasteiger partial charge in [-0.25, -0.2) is 4.79 Å². The largest absolute Gasteiger partial charge is 0.480 e. The van der Waals surface area contributed by atoms with Crippen LogP contribution in [0.3, 0.4) is 0 Å². The molecule has 4 unspecified atom stereocenters. The quantitative estimate of drug-likeness (QED) is 0.273. The molecule has 4 atom stereocenters. The zero-order valence-electron chi connectivity index (χ0n) is 16.0. The lowest BCUT2D eigenvalue weighted by Gasteiger charge is -2.32. The van der Waals surface area contributed by atoms with E-state index in [1.165, 1.54) is 9.80 Å². The van der Waals surface area contributed by atoms with Crippen LogP contribution in [0.15, 0.2) is 0 Å². The fraction of sp³-hybridized carbons (Fsp3) is 0.706. The maximum absolute atomic E-state index is 13.1. The van der Waals surface area contributed by atoms with Gasteiger partial charge in [0.05, 0.1) is 19.1 Å². The number of rotatable bonds is 8. The van der Waals surface area contributed by atoms with Crippen LogP contribution >= 0.6 is 0 Å². The van der Waals surface area contributed by atoms with Gasteiger partial charge >= 0.3 is 5.97 Å². The van der Waals surface area contributed by atoms with E-state index in [4.69, 9.17) is 21.7 Å². The lowest BCUT2D eigenvalue weighted by Crippen LogP contribution is -2.56. The van der Waals surface area contributed by atoms with E-state index in [2.05, 4.69) is 5.32 Å². The number of aliphatic carboxylic acids is 1. The van der Waals surface area contributed by atoms with Crippen LogP contribution in [0, 0.1) is 0 Å². The highest BCUT2D eigenvalue weighted by atomic mass is 16.4. The number of aliphatic hydroxyl groups is 1. The third-order valence-electron chi connectivity index (χ3n) is 5.19. The van der Waals surface area contributed by atoms with Gasteiger partial charge in [-0.05, 0) is 25.7 Å². The summed E-state index contributed by atoms with van der Waals surface area (Å²) in [5.41, 5.74) is 10.8. The lowest BCUT2D eigenvalue weighted by atomic mass is 10.1. The van der Waals surface area contributed by atoms with Gasteiger partial charge in [-0.1, -0.05) is 0 Å². The van der Waals surface area contributed by atoms with E-state index in [9.17, 15) is 24.0 Å². The van der Waals surface area contributed by atoms with Gasteiger partial charge in [0, 0.05) is 13.1 Å². The monoisotopic (exact) mass is 413 g/mol. The maximum atomic E-state index is 13.1. The molecular formula is C17H27N5O7. The predicted octanol–water partition coefficient (Wildman–Crippen LogP) is -3.27. The Hall–Kier alpha value is -2.73. The van der Waals surface area contributed by atoms with Crippen molar-refractivity contribution < 1.29 is 34.2 Å². The molecule has 0 aromatic heterocycles. The summed E-state index contributed by atoms with van der Waals surface area (Å²) in [5.74, 6) is -3.74. The molecule has 2 saturated heterocycles. The number of hydrogen-bond acceptors (Lipinski definition) is 7. The minimum absolute atomic E-state index is 0.291. The number of carboxylic acid groups (broad SMARTS) is 1. The summed E-state index contributed by atoms with van der Waals surface area (Å²) in [4.78, 5) is 62.8. The molecule has 12 heteroatoms. The van der Waals surface area contributed by atoms with Crippen molar-refractivity contribution in [1.82, 2.24) is 15.1 Å². The Morgan fingerprint density at radius 3 is 2.17 bits per heavy atom. The highest BCUT2D eigenvalue weighted by Crippen LogP contribution is 2.25. The Morgan fingerprint density at radius 1 is 1.03 bits per heavy atom. The third-order valence-corrected chi connectivity index (χ3v) is 5.19. The summed E-state index contributed by atoms with van der Waals surface area (Å²) in [6, 6.07) is -4.29. The second-order valence-electron chi connectivity index (χ2n) is 7.24. The number of hydrogen-bond donors (Lipinski definition) is 5. The molecule has 2 rings (SSSR count). The fourth-order valence-corrected chi connectivity index (χ4v) is 3.75. The minimum atomic E-state index is -1.46. The van der Waals surface area contributed by atoms with Crippen molar-refractivity contribution in [3.63, 3.8) is 0 Å². The van der Waals surface area contributed by atoms with Gasteiger partial charge in [0.15, 0.2) is 0 Å². The van der Waals surface area contributed by atoms with Crippen LogP contribution in [-0.2, 0) is 24.0 Å². The number of carboxylic acids is 1. The Kier molecular flexibility index (Phi) is 7.51. The molecule has 12 nitrogen and oxygen atoms in total. The van der Waals surface area contributed by atoms with Crippen molar-refractivity contribution in [2.45, 2.75) is 56.3 Å². The summed E-state index contributed by atoms with van der Waals surface area (Å²) in [6.07, 6.45) is 1.53. The molecule has 2 heterocycles. The van der Waals surface area contributed by atoms with Crippen molar-refractivity contribution in [3.05, 3.63) is 0 Å². The maximum Gasteiger partial charge on any atom is 0.328 e. The molecule has 2 aliphatic rings. The summed E-state index contributed by atoms with van der Waals surface area (Å²) in [5, 5.41) is 20.3. The zero-order valence-corrected chi connectivity index (χ0v) is 16.0. The lowest BCUT2D eigenvalue weighted by molar-refractivity contribution is -0.148. The summed E-state index contributed by atoms with van der Waals surface area (Å²) >= 11 is 0. The average Bonchev–Trinajstić information content (AvgIpc) is 3.33. The number of nitrogens with zero attached hydrogens (tertiary/aromatic N) is 2. The van der Waals surface area contributed by atoms with Crippen LogP contribution in [-0.4, -0.2) is 93.5 Å². The van der Waals surface area contributed by atoms with Gasteiger partial charge in [0.25, 0.3) is 0 Å². The summed E-state index contributed by atoms with van der Waals surface area (Å²) < 4.78 is 0. The molecule has 2 fully saturated rings. The van der Waals surface area contributed by atoms with Gasteiger partial charge in [-0.15, -0.1) is 0 Å². The highest BCUT2D eigenvalue weighted by Gasteiger charge is 2.43. The second-order valence-corrected chi connectivity index (χ2v) is 7.24. The molecule has 162 valence electrons. The second kappa shape index (κ2) is 9.65. The van der Waals surface area contributed by atoms with Gasteiger partial charge in [-0.3, -0.25) is 19.2 Å². The number of amides is 4. The SMILES string of the molecule is NC(=O)CC(N)C(=O)N1CCCC1C(=O)N1CCCC1C(=O)NC(CO)C(=O)O. The highest BCUT2D eigenvalue weighted by molar-refractivity contribution is 5.95.